The average Bonchev–Trinajstić information content (AvgIpc) is 2.98. The van der Waals surface area contributed by atoms with Gasteiger partial charge in [-0.25, -0.2) is 9.37 Å². The topological polar surface area (TPSA) is 63.3 Å². The molecule has 1 heterocycles. The Bertz CT molecular complexity index is 1050. The zero-order valence-electron chi connectivity index (χ0n) is 12.9. The van der Waals surface area contributed by atoms with E-state index in [1.807, 2.05) is 24.3 Å². The number of fused-ring (bicyclic) bond motifs is 1. The SMILES string of the molecule is O=C1C=Cc2ccccc2/C1=C\c1nc(-c2cccc(F)c2)oc1O. The summed E-state index contributed by atoms with van der Waals surface area (Å²) >= 11 is 0. The molecule has 2 aromatic carbocycles. The maximum absolute atomic E-state index is 13.4. The van der Waals surface area contributed by atoms with Crippen LogP contribution in [0.2, 0.25) is 0 Å². The zero-order chi connectivity index (χ0) is 17.4. The van der Waals surface area contributed by atoms with Gasteiger partial charge in [0.05, 0.1) is 0 Å². The monoisotopic (exact) mass is 333 g/mol. The quantitative estimate of drug-likeness (QED) is 0.709. The maximum Gasteiger partial charge on any atom is 0.310 e. The molecule has 1 aromatic heterocycles. The van der Waals surface area contributed by atoms with Crippen molar-refractivity contribution in [2.24, 2.45) is 0 Å². The number of hydrogen-bond acceptors (Lipinski definition) is 4. The van der Waals surface area contributed by atoms with Gasteiger partial charge in [-0.2, -0.15) is 0 Å². The van der Waals surface area contributed by atoms with Crippen LogP contribution in [-0.2, 0) is 4.79 Å². The van der Waals surface area contributed by atoms with Crippen LogP contribution in [0.3, 0.4) is 0 Å². The van der Waals surface area contributed by atoms with Gasteiger partial charge in [-0.1, -0.05) is 36.4 Å². The van der Waals surface area contributed by atoms with Gasteiger partial charge in [-0.05, 0) is 41.5 Å². The zero-order valence-corrected chi connectivity index (χ0v) is 12.9. The fraction of sp³-hybridized carbons (Fsp3) is 0. The van der Waals surface area contributed by atoms with Crippen molar-refractivity contribution in [2.75, 3.05) is 0 Å². The summed E-state index contributed by atoms with van der Waals surface area (Å²) in [5.74, 6) is -0.965. The molecule has 122 valence electrons. The molecule has 0 radical (unpaired) electrons. The van der Waals surface area contributed by atoms with Gasteiger partial charge >= 0.3 is 5.95 Å². The minimum absolute atomic E-state index is 0.0796. The predicted molar refractivity (Wildman–Crippen MR) is 91.9 cm³/mol. The molecule has 0 bridgehead atoms. The number of halogens is 1. The third-order valence-electron chi connectivity index (χ3n) is 3.92. The Balaban J connectivity index is 1.80. The van der Waals surface area contributed by atoms with Gasteiger partial charge in [0, 0.05) is 11.1 Å². The second-order valence-electron chi connectivity index (χ2n) is 5.56. The van der Waals surface area contributed by atoms with E-state index in [0.29, 0.717) is 11.1 Å². The number of aromatic nitrogens is 1. The molecule has 5 heteroatoms. The van der Waals surface area contributed by atoms with Crippen molar-refractivity contribution < 1.29 is 18.7 Å². The van der Waals surface area contributed by atoms with Crippen LogP contribution in [0, 0.1) is 5.82 Å². The van der Waals surface area contributed by atoms with E-state index in [2.05, 4.69) is 4.98 Å². The number of nitrogens with zero attached hydrogens (tertiary/aromatic N) is 1. The van der Waals surface area contributed by atoms with Gasteiger partial charge in [0.2, 0.25) is 5.89 Å². The van der Waals surface area contributed by atoms with Gasteiger partial charge in [0.25, 0.3) is 0 Å². The third-order valence-corrected chi connectivity index (χ3v) is 3.92. The van der Waals surface area contributed by atoms with Gasteiger partial charge in [-0.3, -0.25) is 4.79 Å². The van der Waals surface area contributed by atoms with E-state index in [4.69, 9.17) is 4.42 Å². The van der Waals surface area contributed by atoms with E-state index in [0.717, 1.165) is 11.1 Å². The molecule has 3 aromatic rings. The minimum atomic E-state index is -0.434. The number of hydrogen-bond donors (Lipinski definition) is 1. The number of oxazole rings is 1. The summed E-state index contributed by atoms with van der Waals surface area (Å²) in [6.45, 7) is 0. The van der Waals surface area contributed by atoms with Crippen molar-refractivity contribution in [3.63, 3.8) is 0 Å². The van der Waals surface area contributed by atoms with Gasteiger partial charge in [0.1, 0.15) is 11.5 Å². The van der Waals surface area contributed by atoms with Crippen LogP contribution < -0.4 is 0 Å². The Morgan fingerprint density at radius 3 is 2.76 bits per heavy atom. The molecule has 4 nitrogen and oxygen atoms in total. The van der Waals surface area contributed by atoms with E-state index in [9.17, 15) is 14.3 Å². The number of carbonyl (C=O) groups excluding carboxylic acids is 1. The molecule has 1 aliphatic rings. The fourth-order valence-corrected chi connectivity index (χ4v) is 2.72. The lowest BCUT2D eigenvalue weighted by molar-refractivity contribution is -0.109. The molecule has 0 fully saturated rings. The summed E-state index contributed by atoms with van der Waals surface area (Å²) in [6, 6.07) is 13.1. The van der Waals surface area contributed by atoms with E-state index in [1.54, 1.807) is 12.1 Å². The summed E-state index contributed by atoms with van der Waals surface area (Å²) < 4.78 is 18.6. The van der Waals surface area contributed by atoms with Crippen molar-refractivity contribution in [1.82, 2.24) is 4.98 Å². The lowest BCUT2D eigenvalue weighted by Crippen LogP contribution is -2.04. The molecule has 0 unspecified atom stereocenters. The van der Waals surface area contributed by atoms with Crippen molar-refractivity contribution in [3.8, 4) is 17.4 Å². The number of allylic oxidation sites excluding steroid dienone is 2. The first kappa shape index (κ1) is 15.1. The first-order valence-corrected chi connectivity index (χ1v) is 7.61. The predicted octanol–water partition coefficient (Wildman–Crippen LogP) is 4.32. The molecular formula is C20H12FNO3. The standard InChI is InChI=1S/C20H12FNO3/c21-14-6-3-5-13(10-14)19-22-17(20(24)25-19)11-16-15-7-2-1-4-12(15)8-9-18(16)23/h1-11,24H/b16-11+. The number of ketones is 1. The summed E-state index contributed by atoms with van der Waals surface area (Å²) in [5.41, 5.74) is 2.59. The molecule has 0 spiro atoms. The Morgan fingerprint density at radius 2 is 1.92 bits per heavy atom. The molecule has 1 aliphatic carbocycles. The first-order valence-electron chi connectivity index (χ1n) is 7.61. The van der Waals surface area contributed by atoms with Crippen molar-refractivity contribution >= 4 is 23.5 Å². The van der Waals surface area contributed by atoms with E-state index in [-0.39, 0.29) is 17.4 Å². The van der Waals surface area contributed by atoms with Crippen LogP contribution in [0.25, 0.3) is 29.2 Å². The number of aromatic hydroxyl groups is 1. The first-order chi connectivity index (χ1) is 12.1. The smallest absolute Gasteiger partial charge is 0.310 e. The molecule has 0 saturated carbocycles. The lowest BCUT2D eigenvalue weighted by atomic mass is 9.91. The highest BCUT2D eigenvalue weighted by atomic mass is 19.1. The summed E-state index contributed by atoms with van der Waals surface area (Å²) in [7, 11) is 0. The van der Waals surface area contributed by atoms with Crippen molar-refractivity contribution in [1.29, 1.82) is 0 Å². The molecular weight excluding hydrogens is 321 g/mol. The van der Waals surface area contributed by atoms with Crippen LogP contribution in [-0.4, -0.2) is 15.9 Å². The van der Waals surface area contributed by atoms with Gasteiger partial charge < -0.3 is 9.52 Å². The van der Waals surface area contributed by atoms with E-state index < -0.39 is 11.8 Å². The largest absolute Gasteiger partial charge is 0.479 e. The van der Waals surface area contributed by atoms with Crippen LogP contribution in [0.15, 0.2) is 59.0 Å². The highest BCUT2D eigenvalue weighted by Gasteiger charge is 2.20. The highest BCUT2D eigenvalue weighted by Crippen LogP contribution is 2.32. The van der Waals surface area contributed by atoms with Crippen LogP contribution in [0.1, 0.15) is 16.8 Å². The lowest BCUT2D eigenvalue weighted by Gasteiger charge is -2.12. The van der Waals surface area contributed by atoms with Crippen LogP contribution in [0.4, 0.5) is 4.39 Å². The summed E-state index contributed by atoms with van der Waals surface area (Å²) in [6.07, 6.45) is 4.70. The molecule has 0 atom stereocenters. The van der Waals surface area contributed by atoms with Crippen molar-refractivity contribution in [3.05, 3.63) is 77.2 Å². The number of carbonyl (C=O) groups is 1. The summed E-state index contributed by atoms with van der Waals surface area (Å²) in [4.78, 5) is 16.4. The Morgan fingerprint density at radius 1 is 1.08 bits per heavy atom. The van der Waals surface area contributed by atoms with Gasteiger partial charge in [-0.15, -0.1) is 0 Å². The Kier molecular flexibility index (Phi) is 3.54. The van der Waals surface area contributed by atoms with Crippen LogP contribution in [0.5, 0.6) is 5.95 Å². The molecule has 0 amide bonds. The molecule has 1 N–H and O–H groups in total. The third kappa shape index (κ3) is 2.76. The van der Waals surface area contributed by atoms with Crippen LogP contribution >= 0.6 is 0 Å². The maximum atomic E-state index is 13.4. The van der Waals surface area contributed by atoms with E-state index in [1.165, 1.54) is 30.4 Å². The van der Waals surface area contributed by atoms with Gasteiger partial charge in [0.15, 0.2) is 5.78 Å². The number of rotatable bonds is 2. The second kappa shape index (κ2) is 5.87. The Labute approximate surface area is 142 Å². The Hall–Kier alpha value is -3.47. The second-order valence-corrected chi connectivity index (χ2v) is 5.56. The number of benzene rings is 2. The summed E-state index contributed by atoms with van der Waals surface area (Å²) in [5, 5.41) is 10.0. The molecule has 0 aliphatic heterocycles. The van der Waals surface area contributed by atoms with Crippen molar-refractivity contribution in [2.45, 2.75) is 0 Å². The average molecular weight is 333 g/mol. The molecule has 25 heavy (non-hydrogen) atoms. The molecule has 4 rings (SSSR count). The fourth-order valence-electron chi connectivity index (χ4n) is 2.72. The van der Waals surface area contributed by atoms with E-state index >= 15 is 0 Å². The highest BCUT2D eigenvalue weighted by molar-refractivity contribution is 6.33. The molecule has 0 saturated heterocycles. The normalized spacial score (nSPS) is 14.8. The minimum Gasteiger partial charge on any atom is -0.479 e.